The van der Waals surface area contributed by atoms with Crippen LogP contribution in [0.3, 0.4) is 0 Å². The number of fused-ring (bicyclic) bond motifs is 1. The fourth-order valence-corrected chi connectivity index (χ4v) is 2.02. The molecule has 0 radical (unpaired) electrons. The molecule has 0 fully saturated rings. The Morgan fingerprint density at radius 2 is 2.10 bits per heavy atom. The summed E-state index contributed by atoms with van der Waals surface area (Å²) >= 11 is 0. The molecule has 0 spiro atoms. The Bertz CT molecular complexity index is 643. The first-order valence-electron chi connectivity index (χ1n) is 6.68. The third-order valence-electron chi connectivity index (χ3n) is 2.88. The number of pyridine rings is 1. The molecule has 1 unspecified atom stereocenters. The maximum Gasteiger partial charge on any atom is 0.248 e. The number of H-pyrrole nitrogens is 1. The van der Waals surface area contributed by atoms with Gasteiger partial charge in [-0.2, -0.15) is 0 Å². The number of aromatic amines is 1. The van der Waals surface area contributed by atoms with Crippen LogP contribution < -0.4 is 15.6 Å². The molecule has 0 saturated carbocycles. The summed E-state index contributed by atoms with van der Waals surface area (Å²) in [7, 11) is 0. The molecule has 0 aliphatic heterocycles. The zero-order chi connectivity index (χ0) is 14.8. The van der Waals surface area contributed by atoms with Crippen LogP contribution in [0.4, 0.5) is 0 Å². The van der Waals surface area contributed by atoms with Crippen LogP contribution in [0.1, 0.15) is 27.2 Å². The second kappa shape index (κ2) is 5.64. The standard InChI is InChI=1S/C15H20N2O3/c1-4-14(17-15(2,3)19)20-12-7-5-6-11-10(12)8-9-13(18)16-11/h5-9,14,17,19H,4H2,1-3H3,(H,16,18). The second-order valence-corrected chi connectivity index (χ2v) is 5.26. The van der Waals surface area contributed by atoms with Gasteiger partial charge in [-0.3, -0.25) is 10.1 Å². The molecular formula is C15H20N2O3. The van der Waals surface area contributed by atoms with Crippen LogP contribution in [0.15, 0.2) is 35.1 Å². The largest absolute Gasteiger partial charge is 0.475 e. The van der Waals surface area contributed by atoms with E-state index >= 15 is 0 Å². The maximum absolute atomic E-state index is 11.3. The lowest BCUT2D eigenvalue weighted by atomic mass is 10.2. The van der Waals surface area contributed by atoms with Crippen molar-refractivity contribution in [2.45, 2.75) is 39.1 Å². The van der Waals surface area contributed by atoms with Crippen molar-refractivity contribution in [3.05, 3.63) is 40.7 Å². The van der Waals surface area contributed by atoms with Gasteiger partial charge in [0.05, 0.1) is 5.52 Å². The molecule has 1 aromatic heterocycles. The average molecular weight is 276 g/mol. The summed E-state index contributed by atoms with van der Waals surface area (Å²) in [6.07, 6.45) is 0.386. The summed E-state index contributed by atoms with van der Waals surface area (Å²) in [6.45, 7) is 5.30. The fraction of sp³-hybridized carbons (Fsp3) is 0.400. The number of aliphatic hydroxyl groups is 1. The van der Waals surface area contributed by atoms with E-state index in [1.54, 1.807) is 19.9 Å². The lowest BCUT2D eigenvalue weighted by Crippen LogP contribution is -2.48. The lowest BCUT2D eigenvalue weighted by molar-refractivity contribution is -0.0106. The van der Waals surface area contributed by atoms with Crippen LogP contribution >= 0.6 is 0 Å². The summed E-state index contributed by atoms with van der Waals surface area (Å²) in [5.41, 5.74) is -0.427. The lowest BCUT2D eigenvalue weighted by Gasteiger charge is -2.27. The Kier molecular flexibility index (Phi) is 4.11. The van der Waals surface area contributed by atoms with Crippen LogP contribution in [-0.4, -0.2) is 22.0 Å². The normalized spacial score (nSPS) is 13.4. The summed E-state index contributed by atoms with van der Waals surface area (Å²) in [6, 6.07) is 8.70. The predicted molar refractivity (Wildman–Crippen MR) is 78.7 cm³/mol. The predicted octanol–water partition coefficient (Wildman–Crippen LogP) is 1.96. The molecule has 2 rings (SSSR count). The highest BCUT2D eigenvalue weighted by Gasteiger charge is 2.19. The number of nitrogens with one attached hydrogen (secondary N) is 2. The number of hydrogen-bond donors (Lipinski definition) is 3. The molecule has 2 aromatic rings. The van der Waals surface area contributed by atoms with Gasteiger partial charge >= 0.3 is 0 Å². The molecule has 3 N–H and O–H groups in total. The minimum Gasteiger partial charge on any atom is -0.475 e. The average Bonchev–Trinajstić information content (AvgIpc) is 2.36. The van der Waals surface area contributed by atoms with E-state index in [1.807, 2.05) is 25.1 Å². The van der Waals surface area contributed by atoms with Crippen molar-refractivity contribution in [2.75, 3.05) is 0 Å². The van der Waals surface area contributed by atoms with Gasteiger partial charge in [0.2, 0.25) is 5.56 Å². The van der Waals surface area contributed by atoms with Gasteiger partial charge in [0.1, 0.15) is 11.5 Å². The Morgan fingerprint density at radius 1 is 1.35 bits per heavy atom. The molecule has 5 nitrogen and oxygen atoms in total. The number of aromatic nitrogens is 1. The van der Waals surface area contributed by atoms with E-state index in [0.717, 1.165) is 10.9 Å². The molecule has 108 valence electrons. The smallest absolute Gasteiger partial charge is 0.248 e. The zero-order valence-corrected chi connectivity index (χ0v) is 11.9. The van der Waals surface area contributed by atoms with E-state index in [1.165, 1.54) is 6.07 Å². The first-order chi connectivity index (χ1) is 9.39. The van der Waals surface area contributed by atoms with Crippen molar-refractivity contribution >= 4 is 10.9 Å². The van der Waals surface area contributed by atoms with E-state index in [0.29, 0.717) is 12.2 Å². The summed E-state index contributed by atoms with van der Waals surface area (Å²) in [5.74, 6) is 0.669. The minimum atomic E-state index is -1.01. The molecular weight excluding hydrogens is 256 g/mol. The molecule has 1 atom stereocenters. The fourth-order valence-electron chi connectivity index (χ4n) is 2.02. The van der Waals surface area contributed by atoms with E-state index in [4.69, 9.17) is 4.74 Å². The Morgan fingerprint density at radius 3 is 2.75 bits per heavy atom. The van der Waals surface area contributed by atoms with Crippen molar-refractivity contribution in [3.63, 3.8) is 0 Å². The Balaban J connectivity index is 2.31. The number of benzene rings is 1. The van der Waals surface area contributed by atoms with Gasteiger partial charge in [0.15, 0.2) is 6.23 Å². The van der Waals surface area contributed by atoms with E-state index < -0.39 is 5.72 Å². The van der Waals surface area contributed by atoms with Crippen LogP contribution in [0, 0.1) is 0 Å². The van der Waals surface area contributed by atoms with E-state index in [-0.39, 0.29) is 11.8 Å². The van der Waals surface area contributed by atoms with Gasteiger partial charge < -0.3 is 14.8 Å². The van der Waals surface area contributed by atoms with Crippen LogP contribution in [0.25, 0.3) is 10.9 Å². The molecule has 1 aromatic carbocycles. The third-order valence-corrected chi connectivity index (χ3v) is 2.88. The number of ether oxygens (including phenoxy) is 1. The SMILES string of the molecule is CCC(NC(C)(C)O)Oc1cccc2[nH]c(=O)ccc12. The van der Waals surface area contributed by atoms with Crippen molar-refractivity contribution in [1.82, 2.24) is 10.3 Å². The molecule has 5 heteroatoms. The summed E-state index contributed by atoms with van der Waals surface area (Å²) in [5, 5.41) is 13.6. The van der Waals surface area contributed by atoms with Gasteiger partial charge in [-0.15, -0.1) is 0 Å². The quantitative estimate of drug-likeness (QED) is 0.730. The van der Waals surface area contributed by atoms with Gasteiger partial charge in [-0.05, 0) is 38.5 Å². The maximum atomic E-state index is 11.3. The summed E-state index contributed by atoms with van der Waals surface area (Å²) in [4.78, 5) is 14.1. The Labute approximate surface area is 117 Å². The van der Waals surface area contributed by atoms with Crippen LogP contribution in [-0.2, 0) is 0 Å². The highest BCUT2D eigenvalue weighted by Crippen LogP contribution is 2.24. The first kappa shape index (κ1) is 14.6. The third kappa shape index (κ3) is 3.59. The van der Waals surface area contributed by atoms with E-state index in [9.17, 15) is 9.90 Å². The van der Waals surface area contributed by atoms with Crippen LogP contribution in [0.2, 0.25) is 0 Å². The molecule has 0 bridgehead atoms. The first-order valence-corrected chi connectivity index (χ1v) is 6.68. The van der Waals surface area contributed by atoms with E-state index in [2.05, 4.69) is 10.3 Å². The molecule has 0 aliphatic rings. The molecule has 0 saturated heterocycles. The topological polar surface area (TPSA) is 74.3 Å². The van der Waals surface area contributed by atoms with Gasteiger partial charge in [0.25, 0.3) is 0 Å². The molecule has 0 amide bonds. The highest BCUT2D eigenvalue weighted by molar-refractivity contribution is 5.84. The van der Waals surface area contributed by atoms with Gasteiger partial charge in [0, 0.05) is 11.5 Å². The van der Waals surface area contributed by atoms with Gasteiger partial charge in [-0.1, -0.05) is 13.0 Å². The van der Waals surface area contributed by atoms with Crippen molar-refractivity contribution in [3.8, 4) is 5.75 Å². The van der Waals surface area contributed by atoms with Crippen molar-refractivity contribution < 1.29 is 9.84 Å². The molecule has 20 heavy (non-hydrogen) atoms. The number of rotatable bonds is 5. The number of hydrogen-bond acceptors (Lipinski definition) is 4. The highest BCUT2D eigenvalue weighted by atomic mass is 16.5. The molecule has 0 aliphatic carbocycles. The minimum absolute atomic E-state index is 0.142. The van der Waals surface area contributed by atoms with Crippen molar-refractivity contribution in [2.24, 2.45) is 0 Å². The summed E-state index contributed by atoms with van der Waals surface area (Å²) < 4.78 is 5.90. The van der Waals surface area contributed by atoms with Crippen molar-refractivity contribution in [1.29, 1.82) is 0 Å². The molecule has 1 heterocycles. The zero-order valence-electron chi connectivity index (χ0n) is 11.9. The van der Waals surface area contributed by atoms with Crippen LogP contribution in [0.5, 0.6) is 5.75 Å². The second-order valence-electron chi connectivity index (χ2n) is 5.26. The van der Waals surface area contributed by atoms with Gasteiger partial charge in [-0.25, -0.2) is 0 Å². The Hall–Kier alpha value is -1.85. The monoisotopic (exact) mass is 276 g/mol.